The SMILES string of the molecule is C[C@@H]1C[C@H](C)CN(CC(=O)NCc2ccc(F)cc2)C1. The van der Waals surface area contributed by atoms with E-state index in [9.17, 15) is 9.18 Å². The number of carbonyl (C=O) groups is 1. The summed E-state index contributed by atoms with van der Waals surface area (Å²) in [6, 6.07) is 6.21. The van der Waals surface area contributed by atoms with Crippen molar-refractivity contribution in [2.45, 2.75) is 26.8 Å². The normalized spacial score (nSPS) is 23.6. The molecule has 0 radical (unpaired) electrons. The quantitative estimate of drug-likeness (QED) is 0.917. The minimum atomic E-state index is -0.253. The van der Waals surface area contributed by atoms with Crippen LogP contribution in [0.25, 0.3) is 0 Å². The molecule has 1 aliphatic heterocycles. The number of nitrogens with one attached hydrogen (secondary N) is 1. The maximum absolute atomic E-state index is 12.8. The fourth-order valence-corrected chi connectivity index (χ4v) is 2.98. The van der Waals surface area contributed by atoms with Crippen molar-refractivity contribution in [2.24, 2.45) is 11.8 Å². The summed E-state index contributed by atoms with van der Waals surface area (Å²) in [7, 11) is 0. The van der Waals surface area contributed by atoms with Gasteiger partial charge in [-0.05, 0) is 36.0 Å². The van der Waals surface area contributed by atoms with Gasteiger partial charge < -0.3 is 5.32 Å². The van der Waals surface area contributed by atoms with Gasteiger partial charge >= 0.3 is 0 Å². The molecule has 1 aromatic rings. The standard InChI is InChI=1S/C16H23FN2O/c1-12-7-13(2)10-19(9-12)11-16(20)18-8-14-3-5-15(17)6-4-14/h3-6,12-13H,7-11H2,1-2H3,(H,18,20)/t12-,13+. The molecule has 20 heavy (non-hydrogen) atoms. The number of piperidine rings is 1. The Morgan fingerprint density at radius 3 is 2.45 bits per heavy atom. The molecule has 110 valence electrons. The summed E-state index contributed by atoms with van der Waals surface area (Å²) in [4.78, 5) is 14.2. The van der Waals surface area contributed by atoms with E-state index >= 15 is 0 Å². The Balaban J connectivity index is 1.76. The van der Waals surface area contributed by atoms with Gasteiger partial charge in [-0.25, -0.2) is 4.39 Å². The molecule has 1 N–H and O–H groups in total. The van der Waals surface area contributed by atoms with Crippen LogP contribution >= 0.6 is 0 Å². The van der Waals surface area contributed by atoms with Crippen molar-refractivity contribution in [3.63, 3.8) is 0 Å². The number of carbonyl (C=O) groups excluding carboxylic acids is 1. The van der Waals surface area contributed by atoms with Gasteiger partial charge in [0.25, 0.3) is 0 Å². The second-order valence-corrected chi connectivity index (χ2v) is 6.04. The van der Waals surface area contributed by atoms with E-state index in [4.69, 9.17) is 0 Å². The Morgan fingerprint density at radius 2 is 1.85 bits per heavy atom. The topological polar surface area (TPSA) is 32.3 Å². The average molecular weight is 278 g/mol. The monoisotopic (exact) mass is 278 g/mol. The van der Waals surface area contributed by atoms with E-state index in [1.54, 1.807) is 12.1 Å². The molecule has 2 rings (SSSR count). The lowest BCUT2D eigenvalue weighted by molar-refractivity contribution is -0.123. The third-order valence-corrected chi connectivity index (χ3v) is 3.71. The van der Waals surface area contributed by atoms with Crippen molar-refractivity contribution in [1.29, 1.82) is 0 Å². The summed E-state index contributed by atoms with van der Waals surface area (Å²) in [5.74, 6) is 1.10. The maximum Gasteiger partial charge on any atom is 0.234 e. The highest BCUT2D eigenvalue weighted by atomic mass is 19.1. The van der Waals surface area contributed by atoms with Crippen molar-refractivity contribution in [3.05, 3.63) is 35.6 Å². The summed E-state index contributed by atoms with van der Waals surface area (Å²) in [5, 5.41) is 2.89. The number of halogens is 1. The minimum absolute atomic E-state index is 0.0376. The fourth-order valence-electron chi connectivity index (χ4n) is 2.98. The lowest BCUT2D eigenvalue weighted by Gasteiger charge is -2.34. The molecule has 1 aromatic carbocycles. The molecule has 0 saturated carbocycles. The highest BCUT2D eigenvalue weighted by Crippen LogP contribution is 2.20. The van der Waals surface area contributed by atoms with E-state index in [-0.39, 0.29) is 11.7 Å². The Morgan fingerprint density at radius 1 is 1.25 bits per heavy atom. The van der Waals surface area contributed by atoms with Crippen LogP contribution in [0.3, 0.4) is 0 Å². The number of hydrogen-bond acceptors (Lipinski definition) is 2. The lowest BCUT2D eigenvalue weighted by atomic mass is 9.92. The van der Waals surface area contributed by atoms with E-state index in [1.165, 1.54) is 18.6 Å². The third kappa shape index (κ3) is 4.60. The molecule has 0 aliphatic carbocycles. The Kier molecular flexibility index (Phi) is 5.12. The molecule has 2 atom stereocenters. The first-order valence-corrected chi connectivity index (χ1v) is 7.26. The molecular formula is C16H23FN2O. The Bertz CT molecular complexity index is 436. The van der Waals surface area contributed by atoms with Crippen LogP contribution in [0.1, 0.15) is 25.8 Å². The van der Waals surface area contributed by atoms with Gasteiger partial charge in [-0.2, -0.15) is 0 Å². The van der Waals surface area contributed by atoms with Crippen molar-refractivity contribution in [2.75, 3.05) is 19.6 Å². The number of benzene rings is 1. The molecular weight excluding hydrogens is 255 g/mol. The van der Waals surface area contributed by atoms with Gasteiger partial charge in [0.15, 0.2) is 0 Å². The van der Waals surface area contributed by atoms with E-state index in [0.717, 1.165) is 18.7 Å². The smallest absolute Gasteiger partial charge is 0.234 e. The van der Waals surface area contributed by atoms with Crippen LogP contribution in [-0.2, 0) is 11.3 Å². The number of likely N-dealkylation sites (tertiary alicyclic amines) is 1. The molecule has 0 bridgehead atoms. The van der Waals surface area contributed by atoms with Crippen LogP contribution in [0.4, 0.5) is 4.39 Å². The second-order valence-electron chi connectivity index (χ2n) is 6.04. The Hall–Kier alpha value is -1.42. The predicted octanol–water partition coefficient (Wildman–Crippen LogP) is 2.42. The van der Waals surface area contributed by atoms with Crippen molar-refractivity contribution in [1.82, 2.24) is 10.2 Å². The van der Waals surface area contributed by atoms with Gasteiger partial charge in [0.2, 0.25) is 5.91 Å². The molecule has 4 heteroatoms. The number of rotatable bonds is 4. The summed E-state index contributed by atoms with van der Waals surface area (Å²) < 4.78 is 12.8. The number of amides is 1. The lowest BCUT2D eigenvalue weighted by Crippen LogP contribution is -2.44. The van der Waals surface area contributed by atoms with Crippen LogP contribution in [0, 0.1) is 17.7 Å². The highest BCUT2D eigenvalue weighted by Gasteiger charge is 2.22. The van der Waals surface area contributed by atoms with Crippen molar-refractivity contribution >= 4 is 5.91 Å². The zero-order valence-corrected chi connectivity index (χ0v) is 12.2. The van der Waals surface area contributed by atoms with Crippen LogP contribution in [0.2, 0.25) is 0 Å². The van der Waals surface area contributed by atoms with E-state index in [2.05, 4.69) is 24.1 Å². The van der Waals surface area contributed by atoms with Gasteiger partial charge in [-0.1, -0.05) is 26.0 Å². The molecule has 0 aromatic heterocycles. The first-order valence-electron chi connectivity index (χ1n) is 7.26. The Labute approximate surface area is 120 Å². The zero-order valence-electron chi connectivity index (χ0n) is 12.2. The minimum Gasteiger partial charge on any atom is -0.351 e. The van der Waals surface area contributed by atoms with Gasteiger partial charge in [0.05, 0.1) is 6.54 Å². The third-order valence-electron chi connectivity index (χ3n) is 3.71. The molecule has 0 unspecified atom stereocenters. The van der Waals surface area contributed by atoms with Crippen LogP contribution in [-0.4, -0.2) is 30.4 Å². The first kappa shape index (κ1) is 15.0. The summed E-state index contributed by atoms with van der Waals surface area (Å²) >= 11 is 0. The van der Waals surface area contributed by atoms with Gasteiger partial charge in [-0.15, -0.1) is 0 Å². The maximum atomic E-state index is 12.8. The molecule has 1 amide bonds. The van der Waals surface area contributed by atoms with Crippen LogP contribution < -0.4 is 5.32 Å². The predicted molar refractivity (Wildman–Crippen MR) is 77.6 cm³/mol. The molecule has 3 nitrogen and oxygen atoms in total. The number of nitrogens with zero attached hydrogens (tertiary/aromatic N) is 1. The van der Waals surface area contributed by atoms with E-state index in [0.29, 0.717) is 24.9 Å². The average Bonchev–Trinajstić information content (AvgIpc) is 2.37. The molecule has 1 heterocycles. The van der Waals surface area contributed by atoms with Gasteiger partial charge in [0.1, 0.15) is 5.82 Å². The van der Waals surface area contributed by atoms with Crippen LogP contribution in [0.5, 0.6) is 0 Å². The molecule has 1 aliphatic rings. The molecule has 1 fully saturated rings. The van der Waals surface area contributed by atoms with Crippen molar-refractivity contribution < 1.29 is 9.18 Å². The fraction of sp³-hybridized carbons (Fsp3) is 0.562. The van der Waals surface area contributed by atoms with Gasteiger partial charge in [0, 0.05) is 19.6 Å². The molecule has 1 saturated heterocycles. The van der Waals surface area contributed by atoms with E-state index < -0.39 is 0 Å². The number of hydrogen-bond donors (Lipinski definition) is 1. The van der Waals surface area contributed by atoms with Crippen LogP contribution in [0.15, 0.2) is 24.3 Å². The zero-order chi connectivity index (χ0) is 14.5. The highest BCUT2D eigenvalue weighted by molar-refractivity contribution is 5.78. The van der Waals surface area contributed by atoms with Gasteiger partial charge in [-0.3, -0.25) is 9.69 Å². The van der Waals surface area contributed by atoms with Crippen molar-refractivity contribution in [3.8, 4) is 0 Å². The second kappa shape index (κ2) is 6.84. The summed E-state index contributed by atoms with van der Waals surface area (Å²) in [6.07, 6.45) is 1.24. The largest absolute Gasteiger partial charge is 0.351 e. The molecule has 0 spiro atoms. The summed E-state index contributed by atoms with van der Waals surface area (Å²) in [5.41, 5.74) is 0.917. The summed E-state index contributed by atoms with van der Waals surface area (Å²) in [6.45, 7) is 7.37. The first-order chi connectivity index (χ1) is 9.52. The van der Waals surface area contributed by atoms with E-state index in [1.807, 2.05) is 0 Å².